The Bertz CT molecular complexity index is 157. The topological polar surface area (TPSA) is 69.0 Å². The second-order valence-corrected chi connectivity index (χ2v) is 3.69. The van der Waals surface area contributed by atoms with Crippen LogP contribution in [0.5, 0.6) is 0 Å². The first kappa shape index (κ1) is 7.72. The van der Waals surface area contributed by atoms with Gasteiger partial charge in [-0.2, -0.15) is 0 Å². The minimum Gasteiger partial charge on any atom is -0.382 e. The van der Waals surface area contributed by atoms with Crippen molar-refractivity contribution in [2.24, 2.45) is 5.11 Å². The lowest BCUT2D eigenvalue weighted by atomic mass is 10.2. The van der Waals surface area contributed by atoms with Crippen molar-refractivity contribution in [3.63, 3.8) is 0 Å². The average molecular weight is 159 g/mol. The molecule has 0 aromatic carbocycles. The zero-order valence-corrected chi connectivity index (χ0v) is 6.29. The van der Waals surface area contributed by atoms with Gasteiger partial charge in [-0.15, -0.1) is 11.8 Å². The summed E-state index contributed by atoms with van der Waals surface area (Å²) in [6.45, 7) is 0.512. The van der Waals surface area contributed by atoms with Crippen molar-refractivity contribution in [1.29, 1.82) is 0 Å². The van der Waals surface area contributed by atoms with Gasteiger partial charge in [0.05, 0.1) is 5.44 Å². The Morgan fingerprint density at radius 1 is 1.70 bits per heavy atom. The molecule has 1 N–H and O–H groups in total. The van der Waals surface area contributed by atoms with Crippen LogP contribution in [0, 0.1) is 0 Å². The fourth-order valence-electron chi connectivity index (χ4n) is 0.949. The number of azide groups is 1. The standard InChI is InChI=1S/C5H9N3OS/c6-8-7-3-4-1-2-5(9)10-4/h4-5,9H,1-3H2. The quantitative estimate of drug-likeness (QED) is 0.377. The van der Waals surface area contributed by atoms with E-state index in [-0.39, 0.29) is 5.44 Å². The van der Waals surface area contributed by atoms with Gasteiger partial charge in [-0.25, -0.2) is 0 Å². The smallest absolute Gasteiger partial charge is 0.0995 e. The first-order valence-corrected chi connectivity index (χ1v) is 4.11. The van der Waals surface area contributed by atoms with E-state index in [1.54, 1.807) is 0 Å². The van der Waals surface area contributed by atoms with Gasteiger partial charge in [0.2, 0.25) is 0 Å². The molecule has 0 spiro atoms. The Hall–Kier alpha value is -0.380. The van der Waals surface area contributed by atoms with Gasteiger partial charge in [0.15, 0.2) is 0 Å². The molecule has 0 aromatic rings. The first-order chi connectivity index (χ1) is 4.83. The molecule has 0 aliphatic carbocycles. The van der Waals surface area contributed by atoms with E-state index in [1.165, 1.54) is 11.8 Å². The van der Waals surface area contributed by atoms with Crippen molar-refractivity contribution in [1.82, 2.24) is 0 Å². The Morgan fingerprint density at radius 3 is 3.00 bits per heavy atom. The minimum absolute atomic E-state index is 0.237. The molecule has 1 rings (SSSR count). The van der Waals surface area contributed by atoms with Gasteiger partial charge in [-0.3, -0.25) is 0 Å². The third kappa shape index (κ3) is 2.10. The highest BCUT2D eigenvalue weighted by Gasteiger charge is 2.22. The lowest BCUT2D eigenvalue weighted by Crippen LogP contribution is -2.00. The summed E-state index contributed by atoms with van der Waals surface area (Å²) in [6.07, 6.45) is 1.79. The molecule has 0 saturated carbocycles. The lowest BCUT2D eigenvalue weighted by Gasteiger charge is -2.01. The van der Waals surface area contributed by atoms with E-state index >= 15 is 0 Å². The maximum absolute atomic E-state index is 9.03. The predicted octanol–water partition coefficient (Wildman–Crippen LogP) is 1.51. The summed E-state index contributed by atoms with van der Waals surface area (Å²) < 4.78 is 0. The van der Waals surface area contributed by atoms with E-state index in [0.29, 0.717) is 11.8 Å². The fourth-order valence-corrected chi connectivity index (χ4v) is 2.09. The van der Waals surface area contributed by atoms with E-state index in [2.05, 4.69) is 10.0 Å². The second-order valence-electron chi connectivity index (χ2n) is 2.20. The van der Waals surface area contributed by atoms with Crippen molar-refractivity contribution in [2.45, 2.75) is 23.5 Å². The van der Waals surface area contributed by atoms with Crippen LogP contribution in [0.2, 0.25) is 0 Å². The van der Waals surface area contributed by atoms with Crippen LogP contribution in [-0.2, 0) is 0 Å². The van der Waals surface area contributed by atoms with Gasteiger partial charge in [-0.05, 0) is 18.4 Å². The molecule has 56 valence electrons. The molecular weight excluding hydrogens is 150 g/mol. The first-order valence-electron chi connectivity index (χ1n) is 3.17. The van der Waals surface area contributed by atoms with Crippen LogP contribution in [0.4, 0.5) is 0 Å². The van der Waals surface area contributed by atoms with Crippen LogP contribution in [0.15, 0.2) is 5.11 Å². The zero-order valence-electron chi connectivity index (χ0n) is 5.47. The highest BCUT2D eigenvalue weighted by Crippen LogP contribution is 2.31. The Morgan fingerprint density at radius 2 is 2.50 bits per heavy atom. The molecule has 1 heterocycles. The largest absolute Gasteiger partial charge is 0.382 e. The summed E-state index contributed by atoms with van der Waals surface area (Å²) in [5, 5.41) is 12.8. The van der Waals surface area contributed by atoms with Crippen molar-refractivity contribution in [2.75, 3.05) is 6.54 Å². The third-order valence-corrected chi connectivity index (χ3v) is 2.75. The number of thioether (sulfide) groups is 1. The maximum Gasteiger partial charge on any atom is 0.0995 e. The molecule has 2 unspecified atom stereocenters. The molecule has 1 aliphatic rings. The Labute approximate surface area is 63.2 Å². The maximum atomic E-state index is 9.03. The van der Waals surface area contributed by atoms with Crippen molar-refractivity contribution in [3.8, 4) is 0 Å². The highest BCUT2D eigenvalue weighted by molar-refractivity contribution is 8.00. The van der Waals surface area contributed by atoms with E-state index in [9.17, 15) is 0 Å². The fraction of sp³-hybridized carbons (Fsp3) is 1.00. The summed E-state index contributed by atoms with van der Waals surface area (Å²) >= 11 is 1.50. The highest BCUT2D eigenvalue weighted by atomic mass is 32.2. The number of hydrogen-bond acceptors (Lipinski definition) is 3. The second kappa shape index (κ2) is 3.71. The molecule has 0 bridgehead atoms. The predicted molar refractivity (Wildman–Crippen MR) is 40.6 cm³/mol. The van der Waals surface area contributed by atoms with Gasteiger partial charge in [0.25, 0.3) is 0 Å². The zero-order chi connectivity index (χ0) is 7.40. The van der Waals surface area contributed by atoms with Crippen LogP contribution >= 0.6 is 11.8 Å². The molecule has 1 fully saturated rings. The minimum atomic E-state index is -0.237. The van der Waals surface area contributed by atoms with Crippen molar-refractivity contribution >= 4 is 11.8 Å². The van der Waals surface area contributed by atoms with E-state index in [0.717, 1.165) is 12.8 Å². The normalized spacial score (nSPS) is 31.7. The van der Waals surface area contributed by atoms with Gasteiger partial charge in [-0.1, -0.05) is 5.11 Å². The third-order valence-electron chi connectivity index (χ3n) is 1.43. The van der Waals surface area contributed by atoms with Crippen molar-refractivity contribution < 1.29 is 5.11 Å². The van der Waals surface area contributed by atoms with Crippen LogP contribution < -0.4 is 0 Å². The van der Waals surface area contributed by atoms with Crippen molar-refractivity contribution in [3.05, 3.63) is 10.4 Å². The molecule has 1 aliphatic heterocycles. The number of hydrogen-bond donors (Lipinski definition) is 1. The summed E-state index contributed by atoms with van der Waals surface area (Å²) in [5.74, 6) is 0. The summed E-state index contributed by atoms with van der Waals surface area (Å²) in [7, 11) is 0. The van der Waals surface area contributed by atoms with Gasteiger partial charge >= 0.3 is 0 Å². The Balaban J connectivity index is 2.24. The van der Waals surface area contributed by atoms with Gasteiger partial charge < -0.3 is 5.11 Å². The van der Waals surface area contributed by atoms with E-state index < -0.39 is 0 Å². The van der Waals surface area contributed by atoms with Crippen LogP contribution in [0.3, 0.4) is 0 Å². The number of aliphatic hydroxyl groups is 1. The molecule has 0 radical (unpaired) electrons. The van der Waals surface area contributed by atoms with E-state index in [4.69, 9.17) is 10.6 Å². The molecule has 0 aromatic heterocycles. The summed E-state index contributed by atoms with van der Waals surface area (Å²) in [4.78, 5) is 2.65. The van der Waals surface area contributed by atoms with Crippen LogP contribution in [0.1, 0.15) is 12.8 Å². The summed E-state index contributed by atoms with van der Waals surface area (Å²) in [6, 6.07) is 0. The van der Waals surface area contributed by atoms with Crippen LogP contribution in [0.25, 0.3) is 10.4 Å². The number of nitrogens with zero attached hydrogens (tertiary/aromatic N) is 3. The molecule has 1 saturated heterocycles. The molecule has 0 amide bonds. The number of rotatable bonds is 2. The molecular formula is C5H9N3OS. The SMILES string of the molecule is [N-]=[N+]=NCC1CCC(O)S1. The molecule has 2 atom stereocenters. The monoisotopic (exact) mass is 159 g/mol. The lowest BCUT2D eigenvalue weighted by molar-refractivity contribution is 0.259. The molecule has 5 heteroatoms. The van der Waals surface area contributed by atoms with E-state index in [1.807, 2.05) is 0 Å². The van der Waals surface area contributed by atoms with Gasteiger partial charge in [0.1, 0.15) is 0 Å². The summed E-state index contributed by atoms with van der Waals surface area (Å²) in [5.41, 5.74) is 7.74. The number of aliphatic hydroxyl groups excluding tert-OH is 1. The van der Waals surface area contributed by atoms with Crippen LogP contribution in [-0.4, -0.2) is 22.3 Å². The average Bonchev–Trinajstić information content (AvgIpc) is 2.31. The molecule has 4 nitrogen and oxygen atoms in total. The van der Waals surface area contributed by atoms with Gasteiger partial charge in [0, 0.05) is 16.7 Å². The Kier molecular flexibility index (Phi) is 2.86. The molecule has 10 heavy (non-hydrogen) atoms.